The van der Waals surface area contributed by atoms with Gasteiger partial charge in [-0.15, -0.1) is 0 Å². The monoisotopic (exact) mass is 312 g/mol. The van der Waals surface area contributed by atoms with Crippen LogP contribution in [0.3, 0.4) is 0 Å². The standard InChI is InChI=1S/C11H9ClN4O3S/c1-19-8-3-2-6-9(11(8)20(13,17)18)10-7(16(6)12)4-14-5-15-10/h2-5H,1H3,(H2,13,17,18). The zero-order valence-corrected chi connectivity index (χ0v) is 11.8. The molecular formula is C11H9ClN4O3S. The van der Waals surface area contributed by atoms with Crippen molar-refractivity contribution in [1.29, 1.82) is 0 Å². The van der Waals surface area contributed by atoms with Gasteiger partial charge in [0, 0.05) is 11.8 Å². The van der Waals surface area contributed by atoms with Crippen molar-refractivity contribution in [3.8, 4) is 5.75 Å². The maximum atomic E-state index is 11.9. The molecule has 0 aliphatic carbocycles. The highest BCUT2D eigenvalue weighted by molar-refractivity contribution is 7.89. The minimum Gasteiger partial charge on any atom is -0.495 e. The van der Waals surface area contributed by atoms with Gasteiger partial charge in [0.15, 0.2) is 0 Å². The van der Waals surface area contributed by atoms with E-state index in [2.05, 4.69) is 9.97 Å². The van der Waals surface area contributed by atoms with Crippen LogP contribution in [-0.4, -0.2) is 29.6 Å². The van der Waals surface area contributed by atoms with E-state index in [-0.39, 0.29) is 10.6 Å². The second-order valence-electron chi connectivity index (χ2n) is 4.07. The number of primary sulfonamides is 1. The Labute approximate surface area is 119 Å². The fraction of sp³-hybridized carbons (Fsp3) is 0.0909. The van der Waals surface area contributed by atoms with Gasteiger partial charge in [0.2, 0.25) is 10.0 Å². The normalized spacial score (nSPS) is 12.2. The van der Waals surface area contributed by atoms with E-state index >= 15 is 0 Å². The predicted molar refractivity (Wildman–Crippen MR) is 74.2 cm³/mol. The Morgan fingerprint density at radius 3 is 2.75 bits per heavy atom. The van der Waals surface area contributed by atoms with Gasteiger partial charge in [-0.2, -0.15) is 0 Å². The van der Waals surface area contributed by atoms with Crippen molar-refractivity contribution >= 4 is 43.7 Å². The van der Waals surface area contributed by atoms with Gasteiger partial charge in [-0.1, -0.05) is 0 Å². The molecule has 1 aromatic carbocycles. The molecule has 0 fully saturated rings. The summed E-state index contributed by atoms with van der Waals surface area (Å²) in [7, 11) is -2.64. The molecule has 0 saturated heterocycles. The Morgan fingerprint density at radius 2 is 2.10 bits per heavy atom. The lowest BCUT2D eigenvalue weighted by Gasteiger charge is -2.07. The molecule has 3 aromatic rings. The number of rotatable bonds is 2. The third-order valence-electron chi connectivity index (χ3n) is 2.96. The van der Waals surface area contributed by atoms with E-state index in [9.17, 15) is 8.42 Å². The minimum absolute atomic E-state index is 0.138. The Kier molecular flexibility index (Phi) is 2.82. The Bertz CT molecular complexity index is 936. The summed E-state index contributed by atoms with van der Waals surface area (Å²) in [6.07, 6.45) is 2.81. The molecule has 7 nitrogen and oxygen atoms in total. The lowest BCUT2D eigenvalue weighted by molar-refractivity contribution is 0.404. The number of ether oxygens (including phenoxy) is 1. The molecule has 104 valence electrons. The summed E-state index contributed by atoms with van der Waals surface area (Å²) < 4.78 is 30.1. The van der Waals surface area contributed by atoms with Crippen molar-refractivity contribution in [2.24, 2.45) is 5.14 Å². The van der Waals surface area contributed by atoms with Crippen molar-refractivity contribution in [2.75, 3.05) is 7.11 Å². The number of hydrogen-bond donors (Lipinski definition) is 1. The zero-order valence-electron chi connectivity index (χ0n) is 10.2. The number of benzene rings is 1. The third-order valence-corrected chi connectivity index (χ3v) is 4.30. The van der Waals surface area contributed by atoms with Crippen LogP contribution in [-0.2, 0) is 10.0 Å². The molecule has 0 spiro atoms. The fourth-order valence-corrected chi connectivity index (χ4v) is 3.36. The molecule has 0 aliphatic heterocycles. The van der Waals surface area contributed by atoms with Crippen LogP contribution in [0.25, 0.3) is 21.9 Å². The van der Waals surface area contributed by atoms with Gasteiger partial charge in [0.05, 0.1) is 24.2 Å². The highest BCUT2D eigenvalue weighted by Gasteiger charge is 2.24. The quantitative estimate of drug-likeness (QED) is 0.767. The van der Waals surface area contributed by atoms with Crippen LogP contribution in [0.15, 0.2) is 29.6 Å². The third kappa shape index (κ3) is 1.73. The number of sulfonamides is 1. The molecule has 0 aliphatic rings. The molecule has 0 amide bonds. The van der Waals surface area contributed by atoms with Crippen molar-refractivity contribution in [3.63, 3.8) is 0 Å². The lowest BCUT2D eigenvalue weighted by atomic mass is 10.2. The van der Waals surface area contributed by atoms with E-state index < -0.39 is 10.0 Å². The first-order valence-corrected chi connectivity index (χ1v) is 7.33. The van der Waals surface area contributed by atoms with Crippen LogP contribution in [0.2, 0.25) is 0 Å². The van der Waals surface area contributed by atoms with E-state index in [0.29, 0.717) is 21.9 Å². The number of nitrogens with zero attached hydrogens (tertiary/aromatic N) is 3. The highest BCUT2D eigenvalue weighted by atomic mass is 35.5. The number of hydrogen-bond acceptors (Lipinski definition) is 5. The number of aromatic nitrogens is 3. The maximum absolute atomic E-state index is 11.9. The van der Waals surface area contributed by atoms with Gasteiger partial charge < -0.3 is 4.74 Å². The van der Waals surface area contributed by atoms with Gasteiger partial charge >= 0.3 is 0 Å². The molecule has 9 heteroatoms. The molecule has 3 rings (SSSR count). The molecule has 0 radical (unpaired) electrons. The average molecular weight is 313 g/mol. The van der Waals surface area contributed by atoms with Crippen molar-refractivity contribution in [1.82, 2.24) is 14.1 Å². The Morgan fingerprint density at radius 1 is 1.35 bits per heavy atom. The van der Waals surface area contributed by atoms with E-state index in [0.717, 1.165) is 0 Å². The Balaban J connectivity index is 2.67. The average Bonchev–Trinajstić information content (AvgIpc) is 2.71. The van der Waals surface area contributed by atoms with E-state index in [1.54, 1.807) is 6.07 Å². The predicted octanol–water partition coefficient (Wildman–Crippen LogP) is 1.24. The molecule has 0 saturated carbocycles. The first kappa shape index (κ1) is 13.1. The maximum Gasteiger partial charge on any atom is 0.242 e. The van der Waals surface area contributed by atoms with Crippen LogP contribution in [0, 0.1) is 0 Å². The molecule has 0 unspecified atom stereocenters. The van der Waals surface area contributed by atoms with Gasteiger partial charge in [-0.25, -0.2) is 27.6 Å². The summed E-state index contributed by atoms with van der Waals surface area (Å²) >= 11 is 6.17. The lowest BCUT2D eigenvalue weighted by Crippen LogP contribution is -2.14. The number of methoxy groups -OCH3 is 1. The Hall–Kier alpha value is -1.90. The van der Waals surface area contributed by atoms with Gasteiger partial charge in [-0.05, 0) is 12.1 Å². The second kappa shape index (κ2) is 4.30. The number of nitrogens with two attached hydrogens (primary N) is 1. The van der Waals surface area contributed by atoms with Gasteiger partial charge in [0.1, 0.15) is 28.0 Å². The zero-order chi connectivity index (χ0) is 14.5. The summed E-state index contributed by atoms with van der Waals surface area (Å²) in [6.45, 7) is 0. The molecule has 20 heavy (non-hydrogen) atoms. The van der Waals surface area contributed by atoms with Crippen LogP contribution < -0.4 is 9.88 Å². The van der Waals surface area contributed by atoms with Crippen molar-refractivity contribution < 1.29 is 13.2 Å². The topological polar surface area (TPSA) is 100 Å². The summed E-state index contributed by atoms with van der Waals surface area (Å²) in [5, 5.41) is 5.61. The number of fused-ring (bicyclic) bond motifs is 3. The van der Waals surface area contributed by atoms with E-state index in [4.69, 9.17) is 21.7 Å². The summed E-state index contributed by atoms with van der Waals surface area (Å²) in [5.74, 6) is 0.141. The van der Waals surface area contributed by atoms with Crippen LogP contribution in [0.1, 0.15) is 0 Å². The molecule has 2 N–H and O–H groups in total. The SMILES string of the molecule is COc1ccc2c(c1S(N)(=O)=O)c1ncncc1n2Cl. The van der Waals surface area contributed by atoms with E-state index in [1.807, 2.05) is 0 Å². The highest BCUT2D eigenvalue weighted by Crippen LogP contribution is 2.37. The first-order valence-electron chi connectivity index (χ1n) is 5.45. The number of halogens is 1. The summed E-state index contributed by atoms with van der Waals surface area (Å²) in [4.78, 5) is 7.82. The van der Waals surface area contributed by atoms with Gasteiger partial charge in [-0.3, -0.25) is 0 Å². The second-order valence-corrected chi connectivity index (χ2v) is 5.91. The van der Waals surface area contributed by atoms with Crippen molar-refractivity contribution in [2.45, 2.75) is 4.90 Å². The molecule has 0 bridgehead atoms. The summed E-state index contributed by atoms with van der Waals surface area (Å²) in [5.41, 5.74) is 1.35. The first-order chi connectivity index (χ1) is 9.45. The largest absolute Gasteiger partial charge is 0.495 e. The van der Waals surface area contributed by atoms with Crippen LogP contribution in [0.5, 0.6) is 5.75 Å². The summed E-state index contributed by atoms with van der Waals surface area (Å²) in [6, 6.07) is 3.13. The van der Waals surface area contributed by atoms with Crippen LogP contribution >= 0.6 is 11.8 Å². The van der Waals surface area contributed by atoms with E-state index in [1.165, 1.54) is 29.8 Å². The fourth-order valence-electron chi connectivity index (χ4n) is 2.18. The molecule has 2 aromatic heterocycles. The van der Waals surface area contributed by atoms with Gasteiger partial charge in [0.25, 0.3) is 0 Å². The molecule has 0 atom stereocenters. The minimum atomic E-state index is -4.01. The smallest absolute Gasteiger partial charge is 0.242 e. The molecular weight excluding hydrogens is 304 g/mol. The van der Waals surface area contributed by atoms with Crippen LogP contribution in [0.4, 0.5) is 0 Å². The van der Waals surface area contributed by atoms with Crippen molar-refractivity contribution in [3.05, 3.63) is 24.7 Å². The molecule has 2 heterocycles.